The minimum atomic E-state index is 0.296. The lowest BCUT2D eigenvalue weighted by molar-refractivity contribution is 0.236. The number of anilines is 1. The predicted octanol–water partition coefficient (Wildman–Crippen LogP) is 3.87. The number of nitrogens with one attached hydrogen (secondary N) is 2. The molecule has 1 aliphatic heterocycles. The lowest BCUT2D eigenvalue weighted by atomic mass is 9.79. The fourth-order valence-corrected chi connectivity index (χ4v) is 3.44. The Kier molecular flexibility index (Phi) is 4.02. The number of hydrogen-bond donors (Lipinski definition) is 2. The Labute approximate surface area is 119 Å². The molecule has 1 heterocycles. The van der Waals surface area contributed by atoms with Gasteiger partial charge < -0.3 is 10.6 Å². The first kappa shape index (κ1) is 13.9. The molecule has 1 atom stereocenters. The number of piperidine rings is 1. The average Bonchev–Trinajstić information content (AvgIpc) is 2.24. The minimum absolute atomic E-state index is 0.296. The van der Waals surface area contributed by atoms with E-state index in [1.54, 1.807) is 0 Å². The summed E-state index contributed by atoms with van der Waals surface area (Å²) in [5, 5.41) is 7.26. The van der Waals surface area contributed by atoms with E-state index in [0.717, 1.165) is 17.6 Å². The summed E-state index contributed by atoms with van der Waals surface area (Å²) in [6.07, 6.45) is 1.18. The molecule has 18 heavy (non-hydrogen) atoms. The molecule has 2 N–H and O–H groups in total. The van der Waals surface area contributed by atoms with Gasteiger partial charge >= 0.3 is 0 Å². The molecule has 2 nitrogen and oxygen atoms in total. The van der Waals surface area contributed by atoms with Crippen molar-refractivity contribution < 1.29 is 0 Å². The fourth-order valence-electron chi connectivity index (χ4n) is 2.75. The number of benzene rings is 1. The van der Waals surface area contributed by atoms with Gasteiger partial charge in [0.25, 0.3) is 0 Å². The van der Waals surface area contributed by atoms with Crippen LogP contribution in [0.1, 0.15) is 31.4 Å². The Hall–Kier alpha value is -0.540. The molecular formula is C15H23BrN2. The molecule has 100 valence electrons. The molecule has 1 aliphatic rings. The van der Waals surface area contributed by atoms with Gasteiger partial charge in [0.05, 0.1) is 0 Å². The summed E-state index contributed by atoms with van der Waals surface area (Å²) in [5.41, 5.74) is 4.23. The van der Waals surface area contributed by atoms with Crippen LogP contribution in [0.15, 0.2) is 16.6 Å². The molecule has 1 fully saturated rings. The van der Waals surface area contributed by atoms with Crippen LogP contribution < -0.4 is 10.6 Å². The number of hydrogen-bond acceptors (Lipinski definition) is 2. The summed E-state index contributed by atoms with van der Waals surface area (Å²) >= 11 is 3.56. The van der Waals surface area contributed by atoms with Crippen molar-refractivity contribution in [3.63, 3.8) is 0 Å². The van der Waals surface area contributed by atoms with Crippen molar-refractivity contribution in [2.45, 2.75) is 40.2 Å². The highest BCUT2D eigenvalue weighted by atomic mass is 79.9. The summed E-state index contributed by atoms with van der Waals surface area (Å²) in [6.45, 7) is 11.2. The van der Waals surface area contributed by atoms with Gasteiger partial charge in [-0.25, -0.2) is 0 Å². The van der Waals surface area contributed by atoms with Crippen molar-refractivity contribution in [2.75, 3.05) is 18.4 Å². The first-order valence-corrected chi connectivity index (χ1v) is 7.43. The first-order valence-electron chi connectivity index (χ1n) is 6.64. The lowest BCUT2D eigenvalue weighted by Gasteiger charge is -2.40. The first-order chi connectivity index (χ1) is 8.40. The second-order valence-corrected chi connectivity index (χ2v) is 6.98. The van der Waals surface area contributed by atoms with E-state index >= 15 is 0 Å². The quantitative estimate of drug-likeness (QED) is 0.866. The molecule has 0 spiro atoms. The van der Waals surface area contributed by atoms with Crippen molar-refractivity contribution in [1.29, 1.82) is 0 Å². The third-order valence-corrected chi connectivity index (χ3v) is 4.41. The highest BCUT2D eigenvalue weighted by Crippen LogP contribution is 2.32. The molecule has 1 saturated heterocycles. The Morgan fingerprint density at radius 3 is 2.44 bits per heavy atom. The van der Waals surface area contributed by atoms with E-state index in [0.29, 0.717) is 11.5 Å². The molecule has 0 amide bonds. The Bertz CT molecular complexity index is 417. The maximum Gasteiger partial charge on any atom is 0.0402 e. The number of aryl methyl sites for hydroxylation is 2. The van der Waals surface area contributed by atoms with Gasteiger partial charge in [-0.15, -0.1) is 0 Å². The number of rotatable bonds is 2. The van der Waals surface area contributed by atoms with Crippen LogP contribution in [0.25, 0.3) is 0 Å². The monoisotopic (exact) mass is 310 g/mol. The smallest absolute Gasteiger partial charge is 0.0402 e. The summed E-state index contributed by atoms with van der Waals surface area (Å²) in [7, 11) is 0. The maximum absolute atomic E-state index is 3.77. The van der Waals surface area contributed by atoms with Crippen LogP contribution in [-0.4, -0.2) is 19.1 Å². The molecule has 0 bridgehead atoms. The topological polar surface area (TPSA) is 24.1 Å². The van der Waals surface area contributed by atoms with Crippen molar-refractivity contribution in [3.8, 4) is 0 Å². The second kappa shape index (κ2) is 5.22. The van der Waals surface area contributed by atoms with Crippen LogP contribution in [0.4, 0.5) is 5.69 Å². The Balaban J connectivity index is 2.23. The lowest BCUT2D eigenvalue weighted by Crippen LogP contribution is -2.49. The Morgan fingerprint density at radius 2 is 1.89 bits per heavy atom. The largest absolute Gasteiger partial charge is 0.381 e. The zero-order valence-electron chi connectivity index (χ0n) is 11.7. The van der Waals surface area contributed by atoms with Crippen LogP contribution in [-0.2, 0) is 0 Å². The van der Waals surface area contributed by atoms with E-state index in [9.17, 15) is 0 Å². The standard InChI is InChI=1S/C15H23BrN2/c1-10-7-12(16)8-11(2)14(10)18-13-5-6-17-9-15(13,3)4/h7-8,13,17-18H,5-6,9H2,1-4H3. The van der Waals surface area contributed by atoms with Crippen molar-refractivity contribution in [2.24, 2.45) is 5.41 Å². The number of halogens is 1. The zero-order valence-corrected chi connectivity index (χ0v) is 13.3. The van der Waals surface area contributed by atoms with Gasteiger partial charge in [-0.3, -0.25) is 0 Å². The highest BCUT2D eigenvalue weighted by molar-refractivity contribution is 9.10. The van der Waals surface area contributed by atoms with E-state index in [1.165, 1.54) is 23.2 Å². The van der Waals surface area contributed by atoms with Gasteiger partial charge in [0.15, 0.2) is 0 Å². The molecule has 0 aliphatic carbocycles. The highest BCUT2D eigenvalue weighted by Gasteiger charge is 2.32. The molecule has 3 heteroatoms. The normalized spacial score (nSPS) is 22.8. The van der Waals surface area contributed by atoms with Crippen molar-refractivity contribution in [3.05, 3.63) is 27.7 Å². The van der Waals surface area contributed by atoms with E-state index in [1.807, 2.05) is 0 Å². The fraction of sp³-hybridized carbons (Fsp3) is 0.600. The zero-order chi connectivity index (χ0) is 13.3. The predicted molar refractivity (Wildman–Crippen MR) is 82.3 cm³/mol. The molecule has 0 saturated carbocycles. The van der Waals surface area contributed by atoms with Crippen LogP contribution in [0.5, 0.6) is 0 Å². The van der Waals surface area contributed by atoms with Gasteiger partial charge in [0.1, 0.15) is 0 Å². The van der Waals surface area contributed by atoms with E-state index in [4.69, 9.17) is 0 Å². The van der Waals surface area contributed by atoms with Gasteiger partial charge in [0.2, 0.25) is 0 Å². The summed E-state index contributed by atoms with van der Waals surface area (Å²) in [4.78, 5) is 0. The Morgan fingerprint density at radius 1 is 1.28 bits per heavy atom. The molecule has 1 unspecified atom stereocenters. The summed E-state index contributed by atoms with van der Waals surface area (Å²) in [6, 6.07) is 4.91. The van der Waals surface area contributed by atoms with Crippen molar-refractivity contribution >= 4 is 21.6 Å². The summed E-state index contributed by atoms with van der Waals surface area (Å²) < 4.78 is 1.16. The van der Waals surface area contributed by atoms with Gasteiger partial charge in [-0.05, 0) is 55.5 Å². The SMILES string of the molecule is Cc1cc(Br)cc(C)c1NC1CCNCC1(C)C. The van der Waals surface area contributed by atoms with Crippen LogP contribution in [0.3, 0.4) is 0 Å². The molecule has 0 radical (unpaired) electrons. The molecular weight excluding hydrogens is 288 g/mol. The minimum Gasteiger partial charge on any atom is -0.381 e. The third kappa shape index (κ3) is 2.89. The van der Waals surface area contributed by atoms with E-state index in [2.05, 4.69) is 66.4 Å². The summed E-state index contributed by atoms with van der Waals surface area (Å²) in [5.74, 6) is 0. The third-order valence-electron chi connectivity index (χ3n) is 3.95. The van der Waals surface area contributed by atoms with Gasteiger partial charge in [-0.1, -0.05) is 29.8 Å². The van der Waals surface area contributed by atoms with Crippen molar-refractivity contribution in [1.82, 2.24) is 5.32 Å². The maximum atomic E-state index is 3.77. The van der Waals surface area contributed by atoms with Gasteiger partial charge in [0, 0.05) is 22.7 Å². The molecule has 2 rings (SSSR count). The van der Waals surface area contributed by atoms with E-state index < -0.39 is 0 Å². The molecule has 0 aromatic heterocycles. The molecule has 1 aromatic carbocycles. The van der Waals surface area contributed by atoms with Crippen LogP contribution in [0.2, 0.25) is 0 Å². The van der Waals surface area contributed by atoms with Gasteiger partial charge in [-0.2, -0.15) is 0 Å². The second-order valence-electron chi connectivity index (χ2n) is 6.07. The van der Waals surface area contributed by atoms with E-state index in [-0.39, 0.29) is 0 Å². The van der Waals surface area contributed by atoms with Crippen LogP contribution in [0, 0.1) is 19.3 Å². The molecule has 1 aromatic rings. The average molecular weight is 311 g/mol. The van der Waals surface area contributed by atoms with Crippen LogP contribution >= 0.6 is 15.9 Å².